The smallest absolute Gasteiger partial charge is 0.143 e. The molecule has 5 rings (SSSR count). The second-order valence-corrected chi connectivity index (χ2v) is 9.51. The van der Waals surface area contributed by atoms with Gasteiger partial charge in [-0.25, -0.2) is 0 Å². The lowest BCUT2D eigenvalue weighted by Crippen LogP contribution is -2.40. The maximum Gasteiger partial charge on any atom is 0.143 e. The summed E-state index contributed by atoms with van der Waals surface area (Å²) in [5.41, 5.74) is 2.86. The fourth-order valence-corrected chi connectivity index (χ4v) is 5.01. The zero-order valence-corrected chi connectivity index (χ0v) is 22.2. The second-order valence-electron chi connectivity index (χ2n) is 9.51. The number of aliphatic hydroxyl groups is 1. The maximum atomic E-state index is 11.1. The molecule has 4 aromatic rings. The summed E-state index contributed by atoms with van der Waals surface area (Å²) in [6.45, 7) is 0.857. The van der Waals surface area contributed by atoms with Crippen molar-refractivity contribution < 1.29 is 28.8 Å². The van der Waals surface area contributed by atoms with Crippen molar-refractivity contribution in [1.82, 2.24) is 0 Å². The Morgan fingerprint density at radius 2 is 1.23 bits per heavy atom. The summed E-state index contributed by atoms with van der Waals surface area (Å²) in [4.78, 5) is 0. The molecular weight excluding hydrogens is 492 g/mol. The van der Waals surface area contributed by atoms with Crippen LogP contribution in [0.1, 0.15) is 22.3 Å². The van der Waals surface area contributed by atoms with E-state index in [9.17, 15) is 5.11 Å². The van der Waals surface area contributed by atoms with Gasteiger partial charge in [0.2, 0.25) is 0 Å². The van der Waals surface area contributed by atoms with Gasteiger partial charge >= 0.3 is 0 Å². The van der Waals surface area contributed by atoms with Crippen LogP contribution in [0.25, 0.3) is 0 Å². The largest absolute Gasteiger partial charge is 0.497 e. The van der Waals surface area contributed by atoms with Crippen LogP contribution in [-0.4, -0.2) is 50.9 Å². The van der Waals surface area contributed by atoms with E-state index in [1.165, 1.54) is 0 Å². The first-order valence-electron chi connectivity index (χ1n) is 13.1. The summed E-state index contributed by atoms with van der Waals surface area (Å²) in [7, 11) is 3.29. The first-order valence-corrected chi connectivity index (χ1v) is 13.1. The maximum absolute atomic E-state index is 11.1. The van der Waals surface area contributed by atoms with Gasteiger partial charge in [-0.2, -0.15) is 0 Å². The summed E-state index contributed by atoms with van der Waals surface area (Å²) < 4.78 is 29.7. The Morgan fingerprint density at radius 3 is 1.77 bits per heavy atom. The summed E-state index contributed by atoms with van der Waals surface area (Å²) in [5, 5.41) is 11.1. The van der Waals surface area contributed by atoms with Crippen molar-refractivity contribution in [1.29, 1.82) is 0 Å². The van der Waals surface area contributed by atoms with Gasteiger partial charge in [0.25, 0.3) is 0 Å². The Labute approximate surface area is 229 Å². The molecule has 0 spiro atoms. The molecule has 0 radical (unpaired) electrons. The van der Waals surface area contributed by atoms with Gasteiger partial charge in [-0.1, -0.05) is 84.9 Å². The van der Waals surface area contributed by atoms with Crippen LogP contribution in [0.5, 0.6) is 11.5 Å². The fraction of sp³-hybridized carbons (Fsp3) is 0.273. The van der Waals surface area contributed by atoms with Gasteiger partial charge in [0.1, 0.15) is 35.4 Å². The predicted octanol–water partition coefficient (Wildman–Crippen LogP) is 5.36. The van der Waals surface area contributed by atoms with Crippen molar-refractivity contribution in [2.24, 2.45) is 0 Å². The molecule has 6 heteroatoms. The normalized spacial score (nSPS) is 19.1. The number of methoxy groups -OCH3 is 2. The van der Waals surface area contributed by atoms with Crippen LogP contribution in [0, 0.1) is 0 Å². The van der Waals surface area contributed by atoms with Crippen molar-refractivity contribution in [3.05, 3.63) is 131 Å². The van der Waals surface area contributed by atoms with Crippen molar-refractivity contribution in [2.45, 2.75) is 30.5 Å². The number of hydrogen-bond acceptors (Lipinski definition) is 6. The summed E-state index contributed by atoms with van der Waals surface area (Å²) in [6.07, 6.45) is -1.81. The lowest BCUT2D eigenvalue weighted by Gasteiger charge is -2.37. The van der Waals surface area contributed by atoms with Crippen molar-refractivity contribution in [3.8, 4) is 11.5 Å². The lowest BCUT2D eigenvalue weighted by molar-refractivity contribution is -0.0766. The van der Waals surface area contributed by atoms with E-state index in [4.69, 9.17) is 23.7 Å². The van der Waals surface area contributed by atoms with Crippen LogP contribution >= 0.6 is 0 Å². The van der Waals surface area contributed by atoms with Crippen LogP contribution in [0.3, 0.4) is 0 Å². The molecule has 1 aliphatic heterocycles. The van der Waals surface area contributed by atoms with E-state index >= 15 is 0 Å². The molecule has 202 valence electrons. The molecule has 1 N–H and O–H groups in total. The van der Waals surface area contributed by atoms with Crippen LogP contribution in [0.15, 0.2) is 109 Å². The van der Waals surface area contributed by atoms with E-state index < -0.39 is 23.9 Å². The van der Waals surface area contributed by atoms with Gasteiger partial charge in [0, 0.05) is 0 Å². The highest BCUT2D eigenvalue weighted by Crippen LogP contribution is 2.42. The monoisotopic (exact) mass is 526 g/mol. The zero-order valence-electron chi connectivity index (χ0n) is 22.2. The third-order valence-corrected chi connectivity index (χ3v) is 7.18. The van der Waals surface area contributed by atoms with E-state index in [0.29, 0.717) is 13.2 Å². The summed E-state index contributed by atoms with van der Waals surface area (Å²) >= 11 is 0. The molecular formula is C33H34O6. The lowest BCUT2D eigenvalue weighted by atomic mass is 9.80. The number of aliphatic hydroxyl groups excluding tert-OH is 1. The SMILES string of the molecule is COc1ccc(C(OCC2OCC(OCc3ccccc3)C2O)(c2ccccc2)c2ccc(OC)cc2)cc1. The molecule has 6 nitrogen and oxygen atoms in total. The third-order valence-electron chi connectivity index (χ3n) is 7.18. The molecule has 4 aromatic carbocycles. The number of rotatable bonds is 11. The molecule has 1 aliphatic rings. The van der Waals surface area contributed by atoms with Crippen LogP contribution in [0.4, 0.5) is 0 Å². The van der Waals surface area contributed by atoms with E-state index in [2.05, 4.69) is 0 Å². The third kappa shape index (κ3) is 5.84. The van der Waals surface area contributed by atoms with Gasteiger partial charge in [-0.15, -0.1) is 0 Å². The Hall–Kier alpha value is -3.68. The topological polar surface area (TPSA) is 66.4 Å². The molecule has 1 fully saturated rings. The molecule has 39 heavy (non-hydrogen) atoms. The average molecular weight is 527 g/mol. The zero-order chi connectivity index (χ0) is 27.1. The van der Waals surface area contributed by atoms with E-state index in [-0.39, 0.29) is 6.61 Å². The van der Waals surface area contributed by atoms with E-state index in [1.54, 1.807) is 14.2 Å². The minimum Gasteiger partial charge on any atom is -0.497 e. The fourth-order valence-electron chi connectivity index (χ4n) is 5.01. The Balaban J connectivity index is 1.45. The van der Waals surface area contributed by atoms with Crippen molar-refractivity contribution in [3.63, 3.8) is 0 Å². The first-order chi connectivity index (χ1) is 19.1. The Kier molecular flexibility index (Phi) is 8.59. The highest BCUT2D eigenvalue weighted by molar-refractivity contribution is 5.49. The number of benzene rings is 4. The number of ether oxygens (including phenoxy) is 5. The highest BCUT2D eigenvalue weighted by Gasteiger charge is 2.42. The van der Waals surface area contributed by atoms with Gasteiger partial charge in [-0.05, 0) is 46.5 Å². The van der Waals surface area contributed by atoms with Gasteiger partial charge < -0.3 is 28.8 Å². The van der Waals surface area contributed by atoms with Crippen LogP contribution in [0.2, 0.25) is 0 Å². The summed E-state index contributed by atoms with van der Waals surface area (Å²) in [5.74, 6) is 1.51. The molecule has 0 aromatic heterocycles. The van der Waals surface area contributed by atoms with Crippen LogP contribution in [-0.2, 0) is 26.4 Å². The quantitative estimate of drug-likeness (QED) is 0.266. The minimum atomic E-state index is -0.980. The molecule has 1 saturated heterocycles. The Bertz CT molecular complexity index is 1240. The molecule has 3 atom stereocenters. The second kappa shape index (κ2) is 12.5. The summed E-state index contributed by atoms with van der Waals surface area (Å²) in [6, 6.07) is 35.7. The van der Waals surface area contributed by atoms with Gasteiger partial charge in [0.05, 0.1) is 34.0 Å². The van der Waals surface area contributed by atoms with Crippen LogP contribution < -0.4 is 9.47 Å². The first kappa shape index (κ1) is 26.9. The molecule has 0 bridgehead atoms. The van der Waals surface area contributed by atoms with Crippen molar-refractivity contribution >= 4 is 0 Å². The standard InChI is InChI=1S/C33H34O6/c1-35-28-17-13-26(14-18-28)33(25-11-7-4-8-12-25,27-15-19-29(36-2)20-16-27)39-23-31-32(34)30(22-38-31)37-21-24-9-5-3-6-10-24/h3-20,30-32,34H,21-23H2,1-2H3. The molecule has 0 aliphatic carbocycles. The highest BCUT2D eigenvalue weighted by atomic mass is 16.6. The van der Waals surface area contributed by atoms with E-state index in [0.717, 1.165) is 33.8 Å². The average Bonchev–Trinajstić information content (AvgIpc) is 3.36. The molecule has 1 heterocycles. The number of hydrogen-bond donors (Lipinski definition) is 1. The van der Waals surface area contributed by atoms with E-state index in [1.807, 2.05) is 109 Å². The predicted molar refractivity (Wildman–Crippen MR) is 149 cm³/mol. The minimum absolute atomic E-state index is 0.152. The molecule has 3 unspecified atom stereocenters. The van der Waals surface area contributed by atoms with Gasteiger partial charge in [0.15, 0.2) is 0 Å². The van der Waals surface area contributed by atoms with Gasteiger partial charge in [-0.3, -0.25) is 0 Å². The molecule has 0 saturated carbocycles. The Morgan fingerprint density at radius 1 is 0.718 bits per heavy atom. The van der Waals surface area contributed by atoms with Crippen molar-refractivity contribution in [2.75, 3.05) is 27.4 Å². The molecule has 0 amide bonds.